The minimum absolute atomic E-state index is 0.711. The molecule has 16 heavy (non-hydrogen) atoms. The van der Waals surface area contributed by atoms with Crippen LogP contribution in [0.4, 0.5) is 11.5 Å². The predicted octanol–water partition coefficient (Wildman–Crippen LogP) is 1.42. The summed E-state index contributed by atoms with van der Waals surface area (Å²) in [6, 6.07) is 3.81. The van der Waals surface area contributed by atoms with E-state index in [1.807, 2.05) is 12.1 Å². The van der Waals surface area contributed by atoms with Gasteiger partial charge in [-0.25, -0.2) is 4.98 Å². The van der Waals surface area contributed by atoms with Crippen LogP contribution in [-0.2, 0) is 0 Å². The average Bonchev–Trinajstić information content (AvgIpc) is 2.28. The second kappa shape index (κ2) is 5.16. The van der Waals surface area contributed by atoms with Crippen molar-refractivity contribution < 1.29 is 0 Å². The van der Waals surface area contributed by atoms with Gasteiger partial charge in [-0.05, 0) is 44.5 Å². The minimum atomic E-state index is 0.711. The lowest BCUT2D eigenvalue weighted by molar-refractivity contribution is 0.217. The van der Waals surface area contributed by atoms with Crippen LogP contribution < -0.4 is 11.1 Å². The predicted molar refractivity (Wildman–Crippen MR) is 67.4 cm³/mol. The topological polar surface area (TPSA) is 54.2 Å². The largest absolute Gasteiger partial charge is 0.397 e. The molecule has 0 bridgehead atoms. The molecule has 4 heteroatoms. The van der Waals surface area contributed by atoms with Gasteiger partial charge in [0.2, 0.25) is 0 Å². The van der Waals surface area contributed by atoms with Crippen LogP contribution in [0.15, 0.2) is 18.3 Å². The molecule has 2 heterocycles. The van der Waals surface area contributed by atoms with Crippen molar-refractivity contribution in [2.75, 3.05) is 37.7 Å². The van der Waals surface area contributed by atoms with Crippen LogP contribution in [-0.4, -0.2) is 36.6 Å². The van der Waals surface area contributed by atoms with E-state index in [4.69, 9.17) is 5.73 Å². The number of aromatic nitrogens is 1. The fourth-order valence-corrected chi connectivity index (χ4v) is 2.20. The molecule has 1 aliphatic rings. The molecular formula is C12H20N4. The Morgan fingerprint density at radius 3 is 3.12 bits per heavy atom. The van der Waals surface area contributed by atoms with Gasteiger partial charge in [-0.1, -0.05) is 0 Å². The fourth-order valence-electron chi connectivity index (χ4n) is 2.20. The van der Waals surface area contributed by atoms with Gasteiger partial charge in [0.15, 0.2) is 0 Å². The summed E-state index contributed by atoms with van der Waals surface area (Å²) in [5.41, 5.74) is 6.30. The van der Waals surface area contributed by atoms with Gasteiger partial charge in [-0.15, -0.1) is 0 Å². The van der Waals surface area contributed by atoms with Crippen molar-refractivity contribution in [2.45, 2.75) is 12.8 Å². The molecule has 0 saturated carbocycles. The monoisotopic (exact) mass is 220 g/mol. The molecule has 4 nitrogen and oxygen atoms in total. The van der Waals surface area contributed by atoms with E-state index in [2.05, 4.69) is 22.2 Å². The minimum Gasteiger partial charge on any atom is -0.397 e. The number of piperidine rings is 1. The first-order valence-electron chi connectivity index (χ1n) is 5.88. The quantitative estimate of drug-likeness (QED) is 0.809. The Balaban J connectivity index is 1.80. The van der Waals surface area contributed by atoms with Gasteiger partial charge >= 0.3 is 0 Å². The third-order valence-corrected chi connectivity index (χ3v) is 3.08. The molecule has 1 aliphatic heterocycles. The highest BCUT2D eigenvalue weighted by Gasteiger charge is 2.16. The van der Waals surface area contributed by atoms with E-state index in [1.54, 1.807) is 6.20 Å². The van der Waals surface area contributed by atoms with E-state index < -0.39 is 0 Å². The molecule has 0 aliphatic carbocycles. The summed E-state index contributed by atoms with van der Waals surface area (Å²) in [5.74, 6) is 1.65. The number of rotatable bonds is 3. The van der Waals surface area contributed by atoms with E-state index in [1.165, 1.54) is 25.9 Å². The summed E-state index contributed by atoms with van der Waals surface area (Å²) in [5, 5.41) is 3.37. The molecule has 0 spiro atoms. The van der Waals surface area contributed by atoms with Crippen LogP contribution in [0, 0.1) is 5.92 Å². The Labute approximate surface area is 96.8 Å². The molecule has 0 amide bonds. The first kappa shape index (κ1) is 11.2. The molecule has 0 radical (unpaired) electrons. The Bertz CT molecular complexity index is 322. The Kier molecular flexibility index (Phi) is 3.62. The summed E-state index contributed by atoms with van der Waals surface area (Å²) in [6.07, 6.45) is 4.31. The van der Waals surface area contributed by atoms with E-state index in [0.29, 0.717) is 5.69 Å². The number of likely N-dealkylation sites (tertiary alicyclic amines) is 1. The van der Waals surface area contributed by atoms with Crippen LogP contribution >= 0.6 is 0 Å². The van der Waals surface area contributed by atoms with Gasteiger partial charge in [-0.3, -0.25) is 0 Å². The van der Waals surface area contributed by atoms with Crippen LogP contribution in [0.5, 0.6) is 0 Å². The number of pyridine rings is 1. The number of anilines is 2. The van der Waals surface area contributed by atoms with Crippen molar-refractivity contribution in [1.29, 1.82) is 0 Å². The van der Waals surface area contributed by atoms with Gasteiger partial charge in [0.25, 0.3) is 0 Å². The lowest BCUT2D eigenvalue weighted by atomic mass is 9.98. The highest BCUT2D eigenvalue weighted by Crippen LogP contribution is 2.15. The average molecular weight is 220 g/mol. The summed E-state index contributed by atoms with van der Waals surface area (Å²) < 4.78 is 0. The molecule has 1 saturated heterocycles. The highest BCUT2D eigenvalue weighted by atomic mass is 15.1. The SMILES string of the molecule is CN1CCCC(CNc2ccc(N)cn2)C1. The van der Waals surface area contributed by atoms with Gasteiger partial charge in [0.1, 0.15) is 5.82 Å². The number of hydrogen-bond donors (Lipinski definition) is 2. The Hall–Kier alpha value is -1.29. The second-order valence-corrected chi connectivity index (χ2v) is 4.63. The molecule has 1 fully saturated rings. The van der Waals surface area contributed by atoms with Crippen molar-refractivity contribution in [1.82, 2.24) is 9.88 Å². The zero-order valence-corrected chi connectivity index (χ0v) is 9.82. The summed E-state index contributed by atoms with van der Waals surface area (Å²) in [6.45, 7) is 3.42. The molecule has 88 valence electrons. The maximum absolute atomic E-state index is 5.59. The van der Waals surface area contributed by atoms with Crippen molar-refractivity contribution in [2.24, 2.45) is 5.92 Å². The fraction of sp³-hybridized carbons (Fsp3) is 0.583. The first-order valence-corrected chi connectivity index (χ1v) is 5.88. The number of nitrogens with zero attached hydrogens (tertiary/aromatic N) is 2. The maximum atomic E-state index is 5.59. The van der Waals surface area contributed by atoms with Crippen molar-refractivity contribution in [3.8, 4) is 0 Å². The third-order valence-electron chi connectivity index (χ3n) is 3.08. The second-order valence-electron chi connectivity index (χ2n) is 4.63. The zero-order chi connectivity index (χ0) is 11.4. The van der Waals surface area contributed by atoms with Crippen LogP contribution in [0.1, 0.15) is 12.8 Å². The molecule has 3 N–H and O–H groups in total. The molecule has 1 aromatic heterocycles. The third kappa shape index (κ3) is 3.10. The van der Waals surface area contributed by atoms with Crippen LogP contribution in [0.2, 0.25) is 0 Å². The standard InChI is InChI=1S/C12H20N4/c1-16-6-2-3-10(9-16)7-14-12-5-4-11(13)8-15-12/h4-5,8,10H,2-3,6-7,9,13H2,1H3,(H,14,15). The molecular weight excluding hydrogens is 200 g/mol. The van der Waals surface area contributed by atoms with Gasteiger partial charge in [0.05, 0.1) is 11.9 Å². The maximum Gasteiger partial charge on any atom is 0.126 e. The van der Waals surface area contributed by atoms with Crippen LogP contribution in [0.25, 0.3) is 0 Å². The zero-order valence-electron chi connectivity index (χ0n) is 9.82. The summed E-state index contributed by atoms with van der Waals surface area (Å²) in [7, 11) is 2.19. The highest BCUT2D eigenvalue weighted by molar-refractivity contribution is 5.43. The number of nitrogens with two attached hydrogens (primary N) is 1. The number of hydrogen-bond acceptors (Lipinski definition) is 4. The van der Waals surface area contributed by atoms with Gasteiger partial charge in [0, 0.05) is 13.1 Å². The summed E-state index contributed by atoms with van der Waals surface area (Å²) in [4.78, 5) is 6.63. The molecule has 1 unspecified atom stereocenters. The van der Waals surface area contributed by atoms with E-state index in [0.717, 1.165) is 18.3 Å². The Morgan fingerprint density at radius 2 is 2.44 bits per heavy atom. The van der Waals surface area contributed by atoms with E-state index in [9.17, 15) is 0 Å². The number of nitrogens with one attached hydrogen (secondary N) is 1. The number of nitrogen functional groups attached to an aromatic ring is 1. The van der Waals surface area contributed by atoms with Crippen molar-refractivity contribution in [3.63, 3.8) is 0 Å². The first-order chi connectivity index (χ1) is 7.74. The van der Waals surface area contributed by atoms with Crippen molar-refractivity contribution >= 4 is 11.5 Å². The van der Waals surface area contributed by atoms with E-state index in [-0.39, 0.29) is 0 Å². The lowest BCUT2D eigenvalue weighted by Gasteiger charge is -2.29. The van der Waals surface area contributed by atoms with E-state index >= 15 is 0 Å². The van der Waals surface area contributed by atoms with Crippen molar-refractivity contribution in [3.05, 3.63) is 18.3 Å². The molecule has 0 aromatic carbocycles. The Morgan fingerprint density at radius 1 is 1.56 bits per heavy atom. The van der Waals surface area contributed by atoms with Crippen LogP contribution in [0.3, 0.4) is 0 Å². The molecule has 1 aromatic rings. The van der Waals surface area contributed by atoms with Gasteiger partial charge < -0.3 is 16.0 Å². The summed E-state index contributed by atoms with van der Waals surface area (Å²) >= 11 is 0. The smallest absolute Gasteiger partial charge is 0.126 e. The molecule has 1 atom stereocenters. The lowest BCUT2D eigenvalue weighted by Crippen LogP contribution is -2.35. The molecule has 2 rings (SSSR count). The normalized spacial score (nSPS) is 21.9. The van der Waals surface area contributed by atoms with Gasteiger partial charge in [-0.2, -0.15) is 0 Å².